The number of aliphatic hydroxyl groups excluding tert-OH is 1. The third kappa shape index (κ3) is 4.80. The minimum absolute atomic E-state index is 0.0509. The molecule has 0 aromatic heterocycles. The molecule has 0 saturated heterocycles. The summed E-state index contributed by atoms with van der Waals surface area (Å²) in [6.45, 7) is 6.49. The van der Waals surface area contributed by atoms with E-state index in [4.69, 9.17) is 5.26 Å². The summed E-state index contributed by atoms with van der Waals surface area (Å²) in [5, 5.41) is 23.9. The number of fused-ring (bicyclic) bond motifs is 2. The number of halogens is 1. The lowest BCUT2D eigenvalue weighted by Crippen LogP contribution is -2.42. The Hall–Kier alpha value is -2.74. The van der Waals surface area contributed by atoms with Gasteiger partial charge in [-0.25, -0.2) is 4.39 Å². The van der Waals surface area contributed by atoms with E-state index >= 15 is 0 Å². The fourth-order valence-corrected chi connectivity index (χ4v) is 6.57. The van der Waals surface area contributed by atoms with Gasteiger partial charge in [0.2, 0.25) is 0 Å². The van der Waals surface area contributed by atoms with Crippen molar-refractivity contribution in [2.24, 2.45) is 23.2 Å². The highest BCUT2D eigenvalue weighted by Gasteiger charge is 2.59. The molecule has 2 saturated carbocycles. The largest absolute Gasteiger partial charge is 0.378 e. The van der Waals surface area contributed by atoms with Gasteiger partial charge in [0, 0.05) is 12.0 Å². The molecule has 3 aliphatic carbocycles. The Morgan fingerprint density at radius 2 is 1.75 bits per heavy atom. The molecule has 2 aromatic rings. The summed E-state index contributed by atoms with van der Waals surface area (Å²) < 4.78 is 14.9. The van der Waals surface area contributed by atoms with Gasteiger partial charge >= 0.3 is 0 Å². The van der Waals surface area contributed by atoms with E-state index in [0.29, 0.717) is 17.4 Å². The topological polar surface area (TPSA) is 56.0 Å². The molecule has 6 atom stereocenters. The molecular formula is C32H37FN2O. The highest BCUT2D eigenvalue weighted by molar-refractivity contribution is 5.41. The van der Waals surface area contributed by atoms with Crippen LogP contribution in [0.3, 0.4) is 0 Å². The maximum Gasteiger partial charge on any atom is 0.119 e. The molecular weight excluding hydrogens is 447 g/mol. The van der Waals surface area contributed by atoms with Gasteiger partial charge in [-0.3, -0.25) is 5.32 Å². The van der Waals surface area contributed by atoms with E-state index in [2.05, 4.69) is 56.4 Å². The van der Waals surface area contributed by atoms with Gasteiger partial charge in [-0.05, 0) is 103 Å². The zero-order valence-corrected chi connectivity index (χ0v) is 21.5. The van der Waals surface area contributed by atoms with E-state index in [-0.39, 0.29) is 29.1 Å². The average Bonchev–Trinajstić information content (AvgIpc) is 3.61. The SMILES string of the molecule is CCC(C)c1ccc(C(C)NC(O)C2C=C(F)C=C3C2C(Cc2ccc(C#N)cc2)CC32CC2)cc1. The molecule has 2 fully saturated rings. The molecule has 0 radical (unpaired) electrons. The number of benzene rings is 2. The zero-order chi connectivity index (χ0) is 25.4. The van der Waals surface area contributed by atoms with Crippen molar-refractivity contribution in [2.45, 2.75) is 71.1 Å². The first-order valence-corrected chi connectivity index (χ1v) is 13.5. The summed E-state index contributed by atoms with van der Waals surface area (Å²) >= 11 is 0. The van der Waals surface area contributed by atoms with Crippen molar-refractivity contribution in [1.29, 1.82) is 5.26 Å². The van der Waals surface area contributed by atoms with Crippen LogP contribution in [0.25, 0.3) is 0 Å². The molecule has 0 aliphatic heterocycles. The van der Waals surface area contributed by atoms with Gasteiger partial charge in [-0.1, -0.05) is 55.8 Å². The lowest BCUT2D eigenvalue weighted by atomic mass is 9.75. The van der Waals surface area contributed by atoms with Crippen LogP contribution in [0.5, 0.6) is 0 Å². The monoisotopic (exact) mass is 484 g/mol. The summed E-state index contributed by atoms with van der Waals surface area (Å²) in [7, 11) is 0. The normalized spacial score (nSPS) is 26.4. The average molecular weight is 485 g/mol. The van der Waals surface area contributed by atoms with Crippen molar-refractivity contribution in [3.8, 4) is 6.07 Å². The molecule has 36 heavy (non-hydrogen) atoms. The van der Waals surface area contributed by atoms with Crippen molar-refractivity contribution < 1.29 is 9.50 Å². The number of nitriles is 1. The van der Waals surface area contributed by atoms with Crippen LogP contribution in [0, 0.1) is 34.5 Å². The van der Waals surface area contributed by atoms with E-state index in [1.165, 1.54) is 16.7 Å². The molecule has 0 heterocycles. The van der Waals surface area contributed by atoms with Gasteiger partial charge in [-0.15, -0.1) is 0 Å². The highest BCUT2D eigenvalue weighted by Crippen LogP contribution is 2.68. The Bertz CT molecular complexity index is 1190. The third-order valence-electron chi connectivity index (χ3n) is 9.03. The fourth-order valence-electron chi connectivity index (χ4n) is 6.57. The van der Waals surface area contributed by atoms with Gasteiger partial charge < -0.3 is 5.11 Å². The van der Waals surface area contributed by atoms with E-state index in [1.807, 2.05) is 24.3 Å². The van der Waals surface area contributed by atoms with Crippen LogP contribution in [-0.2, 0) is 6.42 Å². The molecule has 6 unspecified atom stereocenters. The lowest BCUT2D eigenvalue weighted by molar-refractivity contribution is 0.0541. The number of nitrogens with one attached hydrogen (secondary N) is 1. The molecule has 1 spiro atoms. The number of nitrogens with zero attached hydrogens (tertiary/aromatic N) is 1. The first-order chi connectivity index (χ1) is 17.3. The smallest absolute Gasteiger partial charge is 0.119 e. The second kappa shape index (κ2) is 9.96. The fraction of sp³-hybridized carbons (Fsp3) is 0.469. The van der Waals surface area contributed by atoms with Gasteiger partial charge in [0.1, 0.15) is 12.1 Å². The molecule has 3 nitrogen and oxygen atoms in total. The Morgan fingerprint density at radius 1 is 1.08 bits per heavy atom. The molecule has 2 N–H and O–H groups in total. The number of allylic oxidation sites excluding steroid dienone is 3. The minimum Gasteiger partial charge on any atom is -0.378 e. The highest BCUT2D eigenvalue weighted by atomic mass is 19.1. The number of hydrogen-bond donors (Lipinski definition) is 2. The predicted molar refractivity (Wildman–Crippen MR) is 142 cm³/mol. The number of rotatable bonds is 8. The summed E-state index contributed by atoms with van der Waals surface area (Å²) in [5.41, 5.74) is 5.63. The number of hydrogen-bond acceptors (Lipinski definition) is 3. The Balaban J connectivity index is 1.35. The molecule has 3 aliphatic rings. The van der Waals surface area contributed by atoms with Crippen LogP contribution in [0.1, 0.15) is 80.7 Å². The number of aliphatic hydroxyl groups is 1. The van der Waals surface area contributed by atoms with Gasteiger partial charge in [0.25, 0.3) is 0 Å². The van der Waals surface area contributed by atoms with Crippen LogP contribution < -0.4 is 5.32 Å². The molecule has 2 aromatic carbocycles. The van der Waals surface area contributed by atoms with Crippen molar-refractivity contribution in [1.82, 2.24) is 5.32 Å². The summed E-state index contributed by atoms with van der Waals surface area (Å²) in [6, 6.07) is 18.6. The van der Waals surface area contributed by atoms with E-state index < -0.39 is 6.23 Å². The first-order valence-electron chi connectivity index (χ1n) is 13.5. The van der Waals surface area contributed by atoms with E-state index in [1.54, 1.807) is 12.2 Å². The maximum atomic E-state index is 14.9. The molecule has 188 valence electrons. The van der Waals surface area contributed by atoms with Crippen molar-refractivity contribution in [3.63, 3.8) is 0 Å². The van der Waals surface area contributed by atoms with Crippen LogP contribution in [0.4, 0.5) is 4.39 Å². The van der Waals surface area contributed by atoms with Crippen molar-refractivity contribution in [2.75, 3.05) is 0 Å². The standard InChI is InChI=1S/C32H37FN2O/c1-4-20(2)24-9-11-25(12-10-24)21(3)35-31(36)28-16-27(33)17-29-30(28)26(18-32(29)13-14-32)15-22-5-7-23(19-34)8-6-22/h5-12,16-17,20-21,26,28,30-31,35-36H,4,13-15,18H2,1-3H3. The van der Waals surface area contributed by atoms with Gasteiger partial charge in [0.15, 0.2) is 0 Å². The second-order valence-electron chi connectivity index (χ2n) is 11.3. The van der Waals surface area contributed by atoms with Crippen LogP contribution in [0.15, 0.2) is 72.1 Å². The Labute approximate surface area is 214 Å². The van der Waals surface area contributed by atoms with Gasteiger partial charge in [0.05, 0.1) is 11.6 Å². The minimum atomic E-state index is -0.842. The first kappa shape index (κ1) is 24.9. The molecule has 0 amide bonds. The van der Waals surface area contributed by atoms with Gasteiger partial charge in [-0.2, -0.15) is 5.26 Å². The Kier molecular flexibility index (Phi) is 6.90. The molecule has 5 rings (SSSR count). The van der Waals surface area contributed by atoms with Crippen molar-refractivity contribution in [3.05, 3.63) is 94.3 Å². The third-order valence-corrected chi connectivity index (χ3v) is 9.03. The van der Waals surface area contributed by atoms with Crippen LogP contribution >= 0.6 is 0 Å². The predicted octanol–water partition coefficient (Wildman–Crippen LogP) is 7.11. The van der Waals surface area contributed by atoms with Crippen molar-refractivity contribution >= 4 is 0 Å². The van der Waals surface area contributed by atoms with E-state index in [9.17, 15) is 9.50 Å². The summed E-state index contributed by atoms with van der Waals surface area (Å²) in [5.74, 6) is 0.449. The Morgan fingerprint density at radius 3 is 2.36 bits per heavy atom. The second-order valence-corrected chi connectivity index (χ2v) is 11.3. The zero-order valence-electron chi connectivity index (χ0n) is 21.5. The maximum absolute atomic E-state index is 14.9. The summed E-state index contributed by atoms with van der Waals surface area (Å²) in [4.78, 5) is 0. The van der Waals surface area contributed by atoms with Crippen LogP contribution in [-0.4, -0.2) is 11.3 Å². The van der Waals surface area contributed by atoms with Crippen LogP contribution in [0.2, 0.25) is 0 Å². The molecule has 0 bridgehead atoms. The van der Waals surface area contributed by atoms with E-state index in [0.717, 1.165) is 37.7 Å². The quantitative estimate of drug-likeness (QED) is 0.393. The lowest BCUT2D eigenvalue weighted by Gasteiger charge is -2.35. The molecule has 4 heteroatoms. The summed E-state index contributed by atoms with van der Waals surface area (Å²) in [6.07, 6.45) is 7.80.